The number of rotatable bonds is 14. The monoisotopic (exact) mass is 422 g/mol. The van der Waals surface area contributed by atoms with Crippen LogP contribution in [0.25, 0.3) is 0 Å². The van der Waals surface area contributed by atoms with E-state index in [9.17, 15) is 14.4 Å². The molecule has 0 aromatic carbocycles. The molecule has 24 heavy (non-hydrogen) atoms. The minimum atomic E-state index is -1.76. The highest BCUT2D eigenvalue weighted by atomic mass is 35.5. The third kappa shape index (κ3) is 10.6. The van der Waals surface area contributed by atoms with Gasteiger partial charge in [-0.25, -0.2) is 9.59 Å². The quantitative estimate of drug-likeness (QED) is 0.303. The van der Waals surface area contributed by atoms with E-state index in [1.165, 1.54) is 0 Å². The van der Waals surface area contributed by atoms with Crippen LogP contribution in [0.3, 0.4) is 0 Å². The summed E-state index contributed by atoms with van der Waals surface area (Å²) in [5.74, 6) is -2.40. The minimum absolute atomic E-state index is 0.123. The molecule has 0 aromatic rings. The van der Waals surface area contributed by atoms with Crippen LogP contribution in [-0.4, -0.2) is 36.6 Å². The Morgan fingerprint density at radius 3 is 1.25 bits per heavy atom. The van der Waals surface area contributed by atoms with Crippen LogP contribution < -0.4 is 0 Å². The van der Waals surface area contributed by atoms with Gasteiger partial charge in [0.1, 0.15) is 5.78 Å². The minimum Gasteiger partial charge on any atom is -0.479 e. The lowest BCUT2D eigenvalue weighted by Gasteiger charge is -2.13. The lowest BCUT2D eigenvalue weighted by Crippen LogP contribution is -2.25. The first kappa shape index (κ1) is 23.8. The number of aliphatic carboxylic acids is 2. The van der Waals surface area contributed by atoms with Crippen LogP contribution in [0.4, 0.5) is 0 Å². The molecule has 0 rings (SSSR count). The summed E-state index contributed by atoms with van der Waals surface area (Å²) in [5, 5.41) is 17.5. The summed E-state index contributed by atoms with van der Waals surface area (Å²) in [4.78, 5) is 33.1. The molecule has 0 saturated carbocycles. The smallest absolute Gasteiger partial charge is 0.340 e. The van der Waals surface area contributed by atoms with Gasteiger partial charge in [-0.2, -0.15) is 0 Å². The highest BCUT2D eigenvalue weighted by Crippen LogP contribution is 2.29. The summed E-state index contributed by atoms with van der Waals surface area (Å²) in [6, 6.07) is 0. The average Bonchev–Trinajstić information content (AvgIpc) is 2.45. The number of carbonyl (C=O) groups excluding carboxylic acids is 1. The van der Waals surface area contributed by atoms with Gasteiger partial charge in [0.15, 0.2) is 0 Å². The van der Waals surface area contributed by atoms with Crippen molar-refractivity contribution in [1.82, 2.24) is 0 Å². The van der Waals surface area contributed by atoms with Crippen molar-refractivity contribution in [3.05, 3.63) is 0 Å². The molecule has 0 aliphatic carbocycles. The van der Waals surface area contributed by atoms with Crippen molar-refractivity contribution < 1.29 is 24.6 Å². The Morgan fingerprint density at radius 1 is 0.625 bits per heavy atom. The normalized spacial score (nSPS) is 12.2. The van der Waals surface area contributed by atoms with Gasteiger partial charge in [-0.05, 0) is 38.5 Å². The van der Waals surface area contributed by atoms with Gasteiger partial charge in [-0.1, -0.05) is 59.2 Å². The Morgan fingerprint density at radius 2 is 0.958 bits per heavy atom. The highest BCUT2D eigenvalue weighted by Gasteiger charge is 2.33. The number of carboxylic acids is 2. The predicted molar refractivity (Wildman–Crippen MR) is 95.3 cm³/mol. The molecule has 0 aliphatic heterocycles. The van der Waals surface area contributed by atoms with Gasteiger partial charge in [0.05, 0.1) is 0 Å². The predicted octanol–water partition coefficient (Wildman–Crippen LogP) is 4.97. The maximum absolute atomic E-state index is 11.7. The van der Waals surface area contributed by atoms with Crippen molar-refractivity contribution in [2.45, 2.75) is 72.9 Å². The molecule has 0 spiro atoms. The average molecular weight is 424 g/mol. The first-order valence-electron chi connectivity index (χ1n) is 7.73. The SMILES string of the molecule is O=C(CCCCCC(Cl)(Cl)C(=O)O)CCCCCC(Cl)(Cl)C(=O)O. The molecule has 0 aromatic heterocycles. The topological polar surface area (TPSA) is 91.7 Å². The molecular formula is C15H22Cl4O5. The molecule has 140 valence electrons. The number of Topliss-reactive ketones (excluding diaryl/α,β-unsaturated/α-hetero) is 1. The largest absolute Gasteiger partial charge is 0.479 e. The van der Waals surface area contributed by atoms with Crippen LogP contribution in [0.1, 0.15) is 64.2 Å². The van der Waals surface area contributed by atoms with E-state index in [0.29, 0.717) is 51.4 Å². The van der Waals surface area contributed by atoms with Gasteiger partial charge < -0.3 is 10.2 Å². The van der Waals surface area contributed by atoms with Crippen LogP contribution >= 0.6 is 46.4 Å². The Bertz CT molecular complexity index is 400. The van der Waals surface area contributed by atoms with Gasteiger partial charge in [0.2, 0.25) is 8.67 Å². The molecule has 0 unspecified atom stereocenters. The van der Waals surface area contributed by atoms with Crippen molar-refractivity contribution in [3.8, 4) is 0 Å². The van der Waals surface area contributed by atoms with E-state index in [4.69, 9.17) is 56.6 Å². The van der Waals surface area contributed by atoms with E-state index < -0.39 is 20.6 Å². The number of carbonyl (C=O) groups is 3. The fourth-order valence-electron chi connectivity index (χ4n) is 2.03. The highest BCUT2D eigenvalue weighted by molar-refractivity contribution is 6.57. The molecular weight excluding hydrogens is 402 g/mol. The number of halogens is 4. The van der Waals surface area contributed by atoms with Crippen LogP contribution in [0.15, 0.2) is 0 Å². The van der Waals surface area contributed by atoms with Gasteiger partial charge in [0.25, 0.3) is 0 Å². The zero-order valence-electron chi connectivity index (χ0n) is 13.2. The summed E-state index contributed by atoms with van der Waals surface area (Å²) in [6.07, 6.45) is 4.89. The van der Waals surface area contributed by atoms with Crippen molar-refractivity contribution in [3.63, 3.8) is 0 Å². The second-order valence-electron chi connectivity index (χ2n) is 5.68. The zero-order valence-corrected chi connectivity index (χ0v) is 16.2. The summed E-state index contributed by atoms with van der Waals surface area (Å²) in [6.45, 7) is 0. The molecule has 0 saturated heterocycles. The standard InChI is InChI=1S/C15H22Cl4O5/c16-14(17,12(21)22)9-5-1-3-7-11(20)8-4-2-6-10-15(18,19)13(23)24/h1-10H2,(H,21,22)(H,23,24). The number of hydrogen-bond acceptors (Lipinski definition) is 3. The van der Waals surface area contributed by atoms with Crippen LogP contribution in [0, 0.1) is 0 Å². The Hall–Kier alpha value is -0.230. The molecule has 9 heteroatoms. The number of ketones is 1. The van der Waals surface area contributed by atoms with Crippen LogP contribution in [-0.2, 0) is 14.4 Å². The number of alkyl halides is 4. The third-order valence-corrected chi connectivity index (χ3v) is 4.92. The molecule has 0 amide bonds. The molecule has 0 atom stereocenters. The van der Waals surface area contributed by atoms with Crippen LogP contribution in [0.2, 0.25) is 0 Å². The lowest BCUT2D eigenvalue weighted by atomic mass is 10.0. The summed E-state index contributed by atoms with van der Waals surface area (Å²) >= 11 is 22.4. The van der Waals surface area contributed by atoms with E-state index >= 15 is 0 Å². The van der Waals surface area contributed by atoms with Crippen molar-refractivity contribution in [2.75, 3.05) is 0 Å². The molecule has 0 radical (unpaired) electrons. The third-order valence-electron chi connectivity index (χ3n) is 3.52. The fraction of sp³-hybridized carbons (Fsp3) is 0.800. The molecule has 0 aliphatic rings. The van der Waals surface area contributed by atoms with Crippen LogP contribution in [0.5, 0.6) is 0 Å². The zero-order chi connectivity index (χ0) is 18.8. The van der Waals surface area contributed by atoms with E-state index in [2.05, 4.69) is 0 Å². The number of carboxylic acid groups (broad SMARTS) is 2. The molecule has 2 N–H and O–H groups in total. The maximum Gasteiger partial charge on any atom is 0.340 e. The van der Waals surface area contributed by atoms with Gasteiger partial charge in [-0.15, -0.1) is 0 Å². The first-order valence-corrected chi connectivity index (χ1v) is 9.24. The van der Waals surface area contributed by atoms with Crippen molar-refractivity contribution in [2.24, 2.45) is 0 Å². The molecule has 0 heterocycles. The van der Waals surface area contributed by atoms with Gasteiger partial charge in [0, 0.05) is 12.8 Å². The van der Waals surface area contributed by atoms with Crippen molar-refractivity contribution >= 4 is 64.1 Å². The van der Waals surface area contributed by atoms with E-state index in [-0.39, 0.29) is 18.6 Å². The number of unbranched alkanes of at least 4 members (excludes halogenated alkanes) is 4. The number of hydrogen-bond donors (Lipinski definition) is 2. The van der Waals surface area contributed by atoms with E-state index in [0.717, 1.165) is 0 Å². The molecule has 5 nitrogen and oxygen atoms in total. The maximum atomic E-state index is 11.7. The fourth-order valence-corrected chi connectivity index (χ4v) is 2.57. The Kier molecular flexibility index (Phi) is 11.3. The summed E-state index contributed by atoms with van der Waals surface area (Å²) < 4.78 is -3.53. The van der Waals surface area contributed by atoms with Gasteiger partial charge in [-0.3, -0.25) is 4.79 Å². The van der Waals surface area contributed by atoms with E-state index in [1.807, 2.05) is 0 Å². The second-order valence-corrected chi connectivity index (χ2v) is 8.65. The lowest BCUT2D eigenvalue weighted by molar-refractivity contribution is -0.138. The van der Waals surface area contributed by atoms with Crippen molar-refractivity contribution in [1.29, 1.82) is 0 Å². The van der Waals surface area contributed by atoms with Gasteiger partial charge >= 0.3 is 11.9 Å². The summed E-state index contributed by atoms with van der Waals surface area (Å²) in [5.41, 5.74) is 0. The molecule has 0 bridgehead atoms. The first-order chi connectivity index (χ1) is 11.0. The van der Waals surface area contributed by atoms with E-state index in [1.54, 1.807) is 0 Å². The second kappa shape index (κ2) is 11.4. The Balaban J connectivity index is 3.65. The molecule has 0 fully saturated rings. The summed E-state index contributed by atoms with van der Waals surface area (Å²) in [7, 11) is 0. The Labute approximate surface area is 161 Å².